The van der Waals surface area contributed by atoms with Crippen molar-refractivity contribution in [3.8, 4) is 11.5 Å². The molecule has 13 heteroatoms. The summed E-state index contributed by atoms with van der Waals surface area (Å²) in [7, 11) is 0. The lowest BCUT2D eigenvalue weighted by atomic mass is 10.1. The lowest BCUT2D eigenvalue weighted by Crippen LogP contribution is -2.37. The first kappa shape index (κ1) is 28.9. The van der Waals surface area contributed by atoms with Crippen LogP contribution in [0.15, 0.2) is 82.5 Å². The second-order valence-corrected chi connectivity index (χ2v) is 9.51. The maximum absolute atomic E-state index is 13.7. The van der Waals surface area contributed by atoms with Crippen LogP contribution in [0.2, 0.25) is 0 Å². The van der Waals surface area contributed by atoms with Gasteiger partial charge in [0.2, 0.25) is 0 Å². The lowest BCUT2D eigenvalue weighted by Gasteiger charge is -2.20. The van der Waals surface area contributed by atoms with Crippen molar-refractivity contribution in [3.05, 3.63) is 128 Å². The summed E-state index contributed by atoms with van der Waals surface area (Å²) in [5.41, 5.74) is 0.225. The molecule has 0 aliphatic heterocycles. The largest absolute Gasteiger partial charge is 0.491 e. The van der Waals surface area contributed by atoms with Crippen LogP contribution in [0, 0.1) is 17.5 Å². The summed E-state index contributed by atoms with van der Waals surface area (Å²) in [4.78, 5) is 54.7. The number of carbonyl (C=O) groups excluding carboxylic acids is 2. The highest BCUT2D eigenvalue weighted by molar-refractivity contribution is 5.94. The van der Waals surface area contributed by atoms with Crippen molar-refractivity contribution < 1.29 is 32.2 Å². The van der Waals surface area contributed by atoms with E-state index >= 15 is 0 Å². The van der Waals surface area contributed by atoms with Crippen LogP contribution in [-0.2, 0) is 11.3 Å². The van der Waals surface area contributed by atoms with Gasteiger partial charge in [-0.2, -0.15) is 0 Å². The van der Waals surface area contributed by atoms with Gasteiger partial charge in [-0.3, -0.25) is 14.4 Å². The highest BCUT2D eigenvalue weighted by atomic mass is 19.2. The van der Waals surface area contributed by atoms with E-state index in [1.807, 2.05) is 0 Å². The highest BCUT2D eigenvalue weighted by Gasteiger charge is 2.21. The van der Waals surface area contributed by atoms with Gasteiger partial charge in [0.1, 0.15) is 23.7 Å². The number of H-pyrrole nitrogens is 2. The number of benzene rings is 3. The van der Waals surface area contributed by atoms with E-state index in [1.54, 1.807) is 30.3 Å². The summed E-state index contributed by atoms with van der Waals surface area (Å²) in [5.74, 6) is -5.03. The number of aromatic nitrogens is 3. The molecule has 0 saturated heterocycles. The maximum atomic E-state index is 13.7. The van der Waals surface area contributed by atoms with Crippen LogP contribution in [0.1, 0.15) is 34.5 Å². The van der Waals surface area contributed by atoms with Gasteiger partial charge in [0, 0.05) is 19.2 Å². The molecule has 5 rings (SSSR count). The summed E-state index contributed by atoms with van der Waals surface area (Å²) < 4.78 is 52.8. The molecule has 1 amide bonds. The molecule has 0 bridgehead atoms. The lowest BCUT2D eigenvalue weighted by molar-refractivity contribution is -0.131. The van der Waals surface area contributed by atoms with E-state index in [9.17, 15) is 32.3 Å². The molecule has 0 spiro atoms. The molecule has 43 heavy (non-hydrogen) atoms. The minimum atomic E-state index is -1.63. The standard InChI is InChI=1S/C30H23F3N4O6/c1-16(38)43-19-6-4-18(5-7-19)26(15-42-20-8-9-24-25(13-20)36-30(41)35-24)34-28(39)21-3-2-10-37(29(21)40)14-17-11-22(31)27(33)23(32)12-17/h2-13,26H,14-15H2,1H3,(H,34,39)(H2,35,36,41). The van der Waals surface area contributed by atoms with Crippen molar-refractivity contribution in [1.29, 1.82) is 0 Å². The Morgan fingerprint density at radius 1 is 0.907 bits per heavy atom. The first-order chi connectivity index (χ1) is 20.6. The van der Waals surface area contributed by atoms with E-state index < -0.39 is 40.9 Å². The molecule has 2 aromatic heterocycles. The number of rotatable bonds is 9. The third-order valence-electron chi connectivity index (χ3n) is 6.41. The van der Waals surface area contributed by atoms with Gasteiger partial charge < -0.3 is 29.3 Å². The Labute approximate surface area is 240 Å². The van der Waals surface area contributed by atoms with Crippen LogP contribution < -0.4 is 26.0 Å². The van der Waals surface area contributed by atoms with Gasteiger partial charge in [-0.15, -0.1) is 0 Å². The molecule has 3 aromatic carbocycles. The third kappa shape index (κ3) is 6.67. The quantitative estimate of drug-likeness (QED) is 0.135. The Balaban J connectivity index is 1.39. The number of ether oxygens (including phenoxy) is 2. The van der Waals surface area contributed by atoms with Gasteiger partial charge in [-0.05, 0) is 59.7 Å². The number of nitrogens with one attached hydrogen (secondary N) is 3. The summed E-state index contributed by atoms with van der Waals surface area (Å²) in [6.45, 7) is 0.838. The number of esters is 1. The van der Waals surface area contributed by atoms with Crippen molar-refractivity contribution in [2.75, 3.05) is 6.61 Å². The number of halogens is 3. The number of hydrogen-bond donors (Lipinski definition) is 3. The van der Waals surface area contributed by atoms with Gasteiger partial charge in [-0.1, -0.05) is 12.1 Å². The van der Waals surface area contributed by atoms with Crippen molar-refractivity contribution in [1.82, 2.24) is 19.9 Å². The van der Waals surface area contributed by atoms with Crippen LogP contribution in [0.4, 0.5) is 13.2 Å². The number of fused-ring (bicyclic) bond motifs is 1. The van der Waals surface area contributed by atoms with Gasteiger partial charge in [0.05, 0.1) is 23.6 Å². The molecule has 0 fully saturated rings. The summed E-state index contributed by atoms with van der Waals surface area (Å²) >= 11 is 0. The smallest absolute Gasteiger partial charge is 0.323 e. The fraction of sp³-hybridized carbons (Fsp3) is 0.133. The second-order valence-electron chi connectivity index (χ2n) is 9.51. The minimum absolute atomic E-state index is 0.0176. The van der Waals surface area contributed by atoms with Crippen LogP contribution in [0.5, 0.6) is 11.5 Å². The maximum Gasteiger partial charge on any atom is 0.323 e. The Kier molecular flexibility index (Phi) is 8.14. The zero-order valence-corrected chi connectivity index (χ0v) is 22.5. The predicted octanol–water partition coefficient (Wildman–Crippen LogP) is 3.96. The molecule has 0 aliphatic rings. The molecule has 2 heterocycles. The number of pyridine rings is 1. The van der Waals surface area contributed by atoms with E-state index in [0.29, 0.717) is 22.3 Å². The van der Waals surface area contributed by atoms with Gasteiger partial charge in [0.25, 0.3) is 11.5 Å². The number of hydrogen-bond acceptors (Lipinski definition) is 6. The summed E-state index contributed by atoms with van der Waals surface area (Å²) in [6.07, 6.45) is 1.33. The van der Waals surface area contributed by atoms with E-state index in [-0.39, 0.29) is 35.7 Å². The SMILES string of the molecule is CC(=O)Oc1ccc(C(COc2ccc3[nH]c(=O)[nH]c3c2)NC(=O)c2cccn(Cc3cc(F)c(F)c(F)c3)c2=O)cc1. The number of imidazole rings is 1. The Bertz CT molecular complexity index is 1930. The van der Waals surface area contributed by atoms with Crippen molar-refractivity contribution >= 4 is 22.9 Å². The molecule has 0 aliphatic carbocycles. The molecular formula is C30H23F3N4O6. The molecule has 220 valence electrons. The molecular weight excluding hydrogens is 569 g/mol. The molecule has 3 N–H and O–H groups in total. The minimum Gasteiger partial charge on any atom is -0.491 e. The topological polar surface area (TPSA) is 135 Å². The molecule has 5 aromatic rings. The van der Waals surface area contributed by atoms with E-state index in [4.69, 9.17) is 9.47 Å². The highest BCUT2D eigenvalue weighted by Crippen LogP contribution is 2.22. The fourth-order valence-corrected chi connectivity index (χ4v) is 4.40. The van der Waals surface area contributed by atoms with Crippen LogP contribution in [0.25, 0.3) is 11.0 Å². The Morgan fingerprint density at radius 2 is 1.58 bits per heavy atom. The summed E-state index contributed by atoms with van der Waals surface area (Å²) in [5, 5.41) is 2.76. The van der Waals surface area contributed by atoms with Crippen LogP contribution >= 0.6 is 0 Å². The number of aromatic amines is 2. The first-order valence-electron chi connectivity index (χ1n) is 12.8. The first-order valence-corrected chi connectivity index (χ1v) is 12.8. The van der Waals surface area contributed by atoms with Gasteiger partial charge >= 0.3 is 11.7 Å². The molecule has 0 radical (unpaired) electrons. The van der Waals surface area contributed by atoms with Crippen LogP contribution in [0.3, 0.4) is 0 Å². The van der Waals surface area contributed by atoms with E-state index in [2.05, 4.69) is 15.3 Å². The Hall–Kier alpha value is -5.59. The molecule has 0 saturated carbocycles. The molecule has 1 unspecified atom stereocenters. The van der Waals surface area contributed by atoms with E-state index in [1.165, 1.54) is 37.4 Å². The number of nitrogens with zero attached hydrogens (tertiary/aromatic N) is 1. The average molecular weight is 593 g/mol. The monoisotopic (exact) mass is 592 g/mol. The molecule has 10 nitrogen and oxygen atoms in total. The van der Waals surface area contributed by atoms with Crippen LogP contribution in [-0.4, -0.2) is 33.0 Å². The van der Waals surface area contributed by atoms with Crippen molar-refractivity contribution in [3.63, 3.8) is 0 Å². The second kappa shape index (κ2) is 12.1. The van der Waals surface area contributed by atoms with Gasteiger partial charge in [-0.25, -0.2) is 18.0 Å². The third-order valence-corrected chi connectivity index (χ3v) is 6.41. The zero-order chi connectivity index (χ0) is 30.7. The Morgan fingerprint density at radius 3 is 2.28 bits per heavy atom. The zero-order valence-electron chi connectivity index (χ0n) is 22.5. The number of carbonyl (C=O) groups is 2. The normalized spacial score (nSPS) is 11.7. The summed E-state index contributed by atoms with van der Waals surface area (Å²) in [6, 6.07) is 14.6. The molecule has 1 atom stereocenters. The van der Waals surface area contributed by atoms with E-state index in [0.717, 1.165) is 16.7 Å². The fourth-order valence-electron chi connectivity index (χ4n) is 4.40. The average Bonchev–Trinajstić information content (AvgIpc) is 3.34. The van der Waals surface area contributed by atoms with Gasteiger partial charge in [0.15, 0.2) is 17.5 Å². The van der Waals surface area contributed by atoms with Crippen molar-refractivity contribution in [2.45, 2.75) is 19.5 Å². The predicted molar refractivity (Wildman–Crippen MR) is 148 cm³/mol. The number of amides is 1. The van der Waals surface area contributed by atoms with Crippen molar-refractivity contribution in [2.24, 2.45) is 0 Å².